The molecule has 6 heteroatoms. The van der Waals surface area contributed by atoms with Crippen LogP contribution in [0.1, 0.15) is 5.56 Å². The Labute approximate surface area is 101 Å². The highest BCUT2D eigenvalue weighted by atomic mass is 79.9. The smallest absolute Gasteiger partial charge is 0.318 e. The van der Waals surface area contributed by atoms with E-state index in [0.717, 1.165) is 10.0 Å². The first kappa shape index (κ1) is 12.5. The minimum Gasteiger partial charge on any atom is -0.483 e. The fourth-order valence-electron chi connectivity index (χ4n) is 1.09. The summed E-state index contributed by atoms with van der Waals surface area (Å²) in [4.78, 5) is 21.4. The van der Waals surface area contributed by atoms with Gasteiger partial charge in [0.25, 0.3) is 5.91 Å². The Kier molecular flexibility index (Phi) is 4.30. The molecule has 0 aliphatic carbocycles. The van der Waals surface area contributed by atoms with E-state index in [2.05, 4.69) is 15.9 Å². The van der Waals surface area contributed by atoms with Crippen molar-refractivity contribution < 1.29 is 14.3 Å². The maximum Gasteiger partial charge on any atom is 0.318 e. The van der Waals surface area contributed by atoms with Gasteiger partial charge in [-0.05, 0) is 30.7 Å². The average Bonchev–Trinajstić information content (AvgIpc) is 2.15. The first-order valence-electron chi connectivity index (χ1n) is 4.47. The molecule has 0 unspecified atom stereocenters. The van der Waals surface area contributed by atoms with E-state index in [-0.39, 0.29) is 6.61 Å². The Hall–Kier alpha value is -1.56. The second-order valence-electron chi connectivity index (χ2n) is 3.11. The van der Waals surface area contributed by atoms with Crippen molar-refractivity contribution >= 4 is 27.9 Å². The van der Waals surface area contributed by atoms with Crippen molar-refractivity contribution in [2.45, 2.75) is 6.92 Å². The van der Waals surface area contributed by atoms with E-state index >= 15 is 0 Å². The lowest BCUT2D eigenvalue weighted by molar-refractivity contribution is -0.121. The summed E-state index contributed by atoms with van der Waals surface area (Å²) in [7, 11) is 0. The third-order valence-electron chi connectivity index (χ3n) is 1.76. The van der Waals surface area contributed by atoms with Crippen molar-refractivity contribution in [1.82, 2.24) is 5.32 Å². The molecule has 1 aromatic carbocycles. The molecule has 0 atom stereocenters. The van der Waals surface area contributed by atoms with Gasteiger partial charge in [-0.3, -0.25) is 10.1 Å². The summed E-state index contributed by atoms with van der Waals surface area (Å²) in [6.45, 7) is 1.61. The third-order valence-corrected chi connectivity index (χ3v) is 2.25. The van der Waals surface area contributed by atoms with Gasteiger partial charge in [-0.1, -0.05) is 15.9 Å². The number of hydrogen-bond donors (Lipinski definition) is 2. The zero-order chi connectivity index (χ0) is 12.1. The van der Waals surface area contributed by atoms with Gasteiger partial charge in [-0.2, -0.15) is 0 Å². The number of hydrogen-bond acceptors (Lipinski definition) is 3. The van der Waals surface area contributed by atoms with Crippen LogP contribution in [-0.2, 0) is 4.79 Å². The van der Waals surface area contributed by atoms with Crippen molar-refractivity contribution in [3.63, 3.8) is 0 Å². The van der Waals surface area contributed by atoms with Gasteiger partial charge in [-0.25, -0.2) is 4.79 Å². The molecule has 0 radical (unpaired) electrons. The Bertz CT molecular complexity index is 421. The van der Waals surface area contributed by atoms with Gasteiger partial charge in [0.05, 0.1) is 0 Å². The molecule has 0 aliphatic heterocycles. The molecule has 5 nitrogen and oxygen atoms in total. The lowest BCUT2D eigenvalue weighted by Gasteiger charge is -2.08. The molecule has 3 N–H and O–H groups in total. The fraction of sp³-hybridized carbons (Fsp3) is 0.200. The number of carbonyl (C=O) groups is 2. The van der Waals surface area contributed by atoms with Crippen LogP contribution in [0.5, 0.6) is 5.75 Å². The highest BCUT2D eigenvalue weighted by Crippen LogP contribution is 2.21. The molecule has 1 aromatic rings. The number of rotatable bonds is 3. The van der Waals surface area contributed by atoms with Crippen LogP contribution in [0.2, 0.25) is 0 Å². The number of nitrogens with two attached hydrogens (primary N) is 1. The lowest BCUT2D eigenvalue weighted by atomic mass is 10.2. The minimum absolute atomic E-state index is 0.245. The number of carbonyl (C=O) groups excluding carboxylic acids is 2. The van der Waals surface area contributed by atoms with Gasteiger partial charge in [0, 0.05) is 4.47 Å². The topological polar surface area (TPSA) is 81.4 Å². The summed E-state index contributed by atoms with van der Waals surface area (Å²) in [6.07, 6.45) is 0. The van der Waals surface area contributed by atoms with E-state index in [9.17, 15) is 9.59 Å². The van der Waals surface area contributed by atoms with Crippen molar-refractivity contribution in [3.8, 4) is 5.75 Å². The van der Waals surface area contributed by atoms with Crippen LogP contribution in [0.3, 0.4) is 0 Å². The minimum atomic E-state index is -0.888. The molecular formula is C10H11BrN2O3. The van der Waals surface area contributed by atoms with Crippen molar-refractivity contribution in [3.05, 3.63) is 28.2 Å². The first-order valence-corrected chi connectivity index (χ1v) is 5.26. The van der Waals surface area contributed by atoms with Gasteiger partial charge >= 0.3 is 6.03 Å². The van der Waals surface area contributed by atoms with Crippen molar-refractivity contribution in [2.24, 2.45) is 5.73 Å². The summed E-state index contributed by atoms with van der Waals surface area (Å²) in [5.41, 5.74) is 5.67. The zero-order valence-corrected chi connectivity index (χ0v) is 10.2. The summed E-state index contributed by atoms with van der Waals surface area (Å²) in [5.74, 6) is 0.0117. The monoisotopic (exact) mass is 286 g/mol. The summed E-state index contributed by atoms with van der Waals surface area (Å²) < 4.78 is 6.14. The van der Waals surface area contributed by atoms with Crippen molar-refractivity contribution in [2.75, 3.05) is 6.61 Å². The molecular weight excluding hydrogens is 276 g/mol. The Morgan fingerprint density at radius 2 is 2.19 bits per heavy atom. The molecule has 0 bridgehead atoms. The Morgan fingerprint density at radius 1 is 1.50 bits per heavy atom. The molecule has 0 spiro atoms. The van der Waals surface area contributed by atoms with E-state index in [0.29, 0.717) is 5.75 Å². The van der Waals surface area contributed by atoms with E-state index in [1.54, 1.807) is 12.1 Å². The maximum absolute atomic E-state index is 11.1. The van der Waals surface area contributed by atoms with Gasteiger partial charge in [-0.15, -0.1) is 0 Å². The predicted octanol–water partition coefficient (Wildman–Crippen LogP) is 1.33. The van der Waals surface area contributed by atoms with E-state index in [4.69, 9.17) is 10.5 Å². The molecule has 0 heterocycles. The van der Waals surface area contributed by atoms with Crippen LogP contribution in [0.15, 0.2) is 22.7 Å². The highest BCUT2D eigenvalue weighted by molar-refractivity contribution is 9.10. The SMILES string of the molecule is Cc1cc(Br)ccc1OCC(=O)NC(N)=O. The van der Waals surface area contributed by atoms with Crippen LogP contribution in [-0.4, -0.2) is 18.5 Å². The van der Waals surface area contributed by atoms with Crippen LogP contribution in [0, 0.1) is 6.92 Å². The molecule has 1 rings (SSSR count). The summed E-state index contributed by atoms with van der Waals surface area (Å²) in [6, 6.07) is 4.51. The van der Waals surface area contributed by atoms with Crippen LogP contribution >= 0.6 is 15.9 Å². The number of nitrogens with one attached hydrogen (secondary N) is 1. The number of urea groups is 1. The molecule has 86 valence electrons. The number of primary amides is 1. The standard InChI is InChI=1S/C10H11BrN2O3/c1-6-4-7(11)2-3-8(6)16-5-9(14)13-10(12)15/h2-4H,5H2,1H3,(H3,12,13,14,15). The highest BCUT2D eigenvalue weighted by Gasteiger charge is 2.06. The summed E-state index contributed by atoms with van der Waals surface area (Å²) >= 11 is 3.31. The Balaban J connectivity index is 2.54. The molecule has 3 amide bonds. The van der Waals surface area contributed by atoms with Crippen molar-refractivity contribution in [1.29, 1.82) is 0 Å². The third kappa shape index (κ3) is 3.90. The number of imide groups is 1. The van der Waals surface area contributed by atoms with Gasteiger partial charge < -0.3 is 10.5 Å². The molecule has 0 aromatic heterocycles. The Morgan fingerprint density at radius 3 is 2.75 bits per heavy atom. The maximum atomic E-state index is 11.1. The second kappa shape index (κ2) is 5.50. The predicted molar refractivity (Wildman–Crippen MR) is 62.1 cm³/mol. The molecule has 0 saturated carbocycles. The van der Waals surface area contributed by atoms with E-state index < -0.39 is 11.9 Å². The number of halogens is 1. The van der Waals surface area contributed by atoms with Gasteiger partial charge in [0.15, 0.2) is 6.61 Å². The van der Waals surface area contributed by atoms with Gasteiger partial charge in [0.1, 0.15) is 5.75 Å². The fourth-order valence-corrected chi connectivity index (χ4v) is 1.57. The van der Waals surface area contributed by atoms with E-state index in [1.165, 1.54) is 0 Å². The van der Waals surface area contributed by atoms with Crippen LogP contribution < -0.4 is 15.8 Å². The quantitative estimate of drug-likeness (QED) is 0.880. The van der Waals surface area contributed by atoms with Crippen LogP contribution in [0.25, 0.3) is 0 Å². The average molecular weight is 287 g/mol. The number of ether oxygens (including phenoxy) is 1. The largest absolute Gasteiger partial charge is 0.483 e. The zero-order valence-electron chi connectivity index (χ0n) is 8.62. The normalized spacial score (nSPS) is 9.62. The molecule has 0 fully saturated rings. The number of benzene rings is 1. The van der Waals surface area contributed by atoms with Crippen LogP contribution in [0.4, 0.5) is 4.79 Å². The van der Waals surface area contributed by atoms with E-state index in [1.807, 2.05) is 18.3 Å². The lowest BCUT2D eigenvalue weighted by Crippen LogP contribution is -2.38. The summed E-state index contributed by atoms with van der Waals surface area (Å²) in [5, 5.41) is 1.91. The second-order valence-corrected chi connectivity index (χ2v) is 4.03. The van der Waals surface area contributed by atoms with Gasteiger partial charge in [0.2, 0.25) is 0 Å². The number of aryl methyl sites for hydroxylation is 1. The molecule has 0 aliphatic rings. The number of amides is 3. The first-order chi connectivity index (χ1) is 7.49. The molecule has 0 saturated heterocycles. The molecule has 16 heavy (non-hydrogen) atoms.